The predicted octanol–water partition coefficient (Wildman–Crippen LogP) is 2.39. The van der Waals surface area contributed by atoms with Gasteiger partial charge in [-0.1, -0.05) is 6.07 Å². The minimum absolute atomic E-state index is 0.710. The molecule has 1 atom stereocenters. The van der Waals surface area contributed by atoms with Crippen LogP contribution in [0.4, 0.5) is 5.82 Å². The van der Waals surface area contributed by atoms with Gasteiger partial charge in [-0.3, -0.25) is 0 Å². The topological polar surface area (TPSA) is 19.4 Å². The molecule has 98 valence electrons. The molecule has 3 rings (SSSR count). The van der Waals surface area contributed by atoms with Crippen molar-refractivity contribution in [2.45, 2.75) is 31.7 Å². The van der Waals surface area contributed by atoms with E-state index in [-0.39, 0.29) is 0 Å². The molecular formula is C15H23N3. The lowest BCUT2D eigenvalue weighted by Gasteiger charge is -2.38. The highest BCUT2D eigenvalue weighted by Gasteiger charge is 2.28. The second-order valence-corrected chi connectivity index (χ2v) is 5.81. The molecule has 1 saturated carbocycles. The molecule has 2 fully saturated rings. The third-order valence-corrected chi connectivity index (χ3v) is 4.24. The summed E-state index contributed by atoms with van der Waals surface area (Å²) in [5.74, 6) is 2.13. The van der Waals surface area contributed by atoms with Crippen molar-refractivity contribution in [3.63, 3.8) is 0 Å². The minimum atomic E-state index is 0.710. The molecule has 0 spiro atoms. The van der Waals surface area contributed by atoms with Gasteiger partial charge in [-0.15, -0.1) is 0 Å². The molecule has 0 amide bonds. The first-order valence-electron chi connectivity index (χ1n) is 7.19. The highest BCUT2D eigenvalue weighted by atomic mass is 15.2. The van der Waals surface area contributed by atoms with Crippen LogP contribution >= 0.6 is 0 Å². The van der Waals surface area contributed by atoms with Crippen LogP contribution in [0.25, 0.3) is 0 Å². The van der Waals surface area contributed by atoms with Crippen LogP contribution in [0, 0.1) is 5.92 Å². The molecule has 0 radical (unpaired) electrons. The number of hydrogen-bond acceptors (Lipinski definition) is 3. The standard InChI is InChI=1S/C15H23N3/c1-17(11-13-7-8-13)14-5-4-10-18(12-14)15-6-2-3-9-16-15/h2-3,6,9,13-14H,4-5,7-8,10-12H2,1H3. The van der Waals surface area contributed by atoms with Crippen LogP contribution < -0.4 is 4.90 Å². The first-order chi connectivity index (χ1) is 8.83. The lowest BCUT2D eigenvalue weighted by Crippen LogP contribution is -2.47. The van der Waals surface area contributed by atoms with E-state index in [9.17, 15) is 0 Å². The van der Waals surface area contributed by atoms with Crippen molar-refractivity contribution < 1.29 is 0 Å². The molecule has 1 aliphatic carbocycles. The molecule has 2 aliphatic rings. The van der Waals surface area contributed by atoms with Crippen LogP contribution in [-0.4, -0.2) is 42.6 Å². The zero-order chi connectivity index (χ0) is 12.4. The number of piperidine rings is 1. The minimum Gasteiger partial charge on any atom is -0.355 e. The average molecular weight is 245 g/mol. The van der Waals surface area contributed by atoms with Gasteiger partial charge in [0.1, 0.15) is 5.82 Å². The Kier molecular flexibility index (Phi) is 3.50. The zero-order valence-electron chi connectivity index (χ0n) is 11.3. The molecule has 1 aromatic heterocycles. The fourth-order valence-corrected chi connectivity index (χ4v) is 2.92. The van der Waals surface area contributed by atoms with Crippen LogP contribution in [-0.2, 0) is 0 Å². The first kappa shape index (κ1) is 12.0. The van der Waals surface area contributed by atoms with E-state index in [1.54, 1.807) is 0 Å². The molecule has 18 heavy (non-hydrogen) atoms. The number of nitrogens with zero attached hydrogens (tertiary/aromatic N) is 3. The molecule has 0 aromatic carbocycles. The van der Waals surface area contributed by atoms with Crippen molar-refractivity contribution in [2.75, 3.05) is 31.6 Å². The number of aromatic nitrogens is 1. The Morgan fingerprint density at radius 1 is 1.33 bits per heavy atom. The summed E-state index contributed by atoms with van der Waals surface area (Å²) in [4.78, 5) is 9.50. The fraction of sp³-hybridized carbons (Fsp3) is 0.667. The second-order valence-electron chi connectivity index (χ2n) is 5.81. The highest BCUT2D eigenvalue weighted by Crippen LogP contribution is 2.31. The number of hydrogen-bond donors (Lipinski definition) is 0. The van der Waals surface area contributed by atoms with Crippen molar-refractivity contribution in [1.29, 1.82) is 0 Å². The van der Waals surface area contributed by atoms with Crippen molar-refractivity contribution in [3.05, 3.63) is 24.4 Å². The van der Waals surface area contributed by atoms with Crippen molar-refractivity contribution in [3.8, 4) is 0 Å². The van der Waals surface area contributed by atoms with E-state index >= 15 is 0 Å². The van der Waals surface area contributed by atoms with E-state index in [4.69, 9.17) is 0 Å². The Bertz CT molecular complexity index is 375. The highest BCUT2D eigenvalue weighted by molar-refractivity contribution is 5.38. The number of rotatable bonds is 4. The SMILES string of the molecule is CN(CC1CC1)C1CCCN(c2ccccn2)C1. The molecule has 1 aliphatic heterocycles. The molecule has 3 heteroatoms. The van der Waals surface area contributed by atoms with E-state index in [0.717, 1.165) is 24.8 Å². The summed E-state index contributed by atoms with van der Waals surface area (Å²) >= 11 is 0. The first-order valence-corrected chi connectivity index (χ1v) is 7.19. The van der Waals surface area contributed by atoms with Gasteiger partial charge in [-0.2, -0.15) is 0 Å². The molecule has 0 bridgehead atoms. The Labute approximate surface area is 110 Å². The second kappa shape index (κ2) is 5.27. The fourth-order valence-electron chi connectivity index (χ4n) is 2.92. The van der Waals surface area contributed by atoms with Gasteiger partial charge in [0.25, 0.3) is 0 Å². The van der Waals surface area contributed by atoms with E-state index < -0.39 is 0 Å². The molecular weight excluding hydrogens is 222 g/mol. The average Bonchev–Trinajstić information content (AvgIpc) is 3.24. The van der Waals surface area contributed by atoms with E-state index in [1.165, 1.54) is 32.2 Å². The summed E-state index contributed by atoms with van der Waals surface area (Å²) in [6.45, 7) is 3.59. The number of likely N-dealkylation sites (N-methyl/N-ethyl adjacent to an activating group) is 1. The van der Waals surface area contributed by atoms with Crippen LogP contribution in [0.5, 0.6) is 0 Å². The summed E-state index contributed by atoms with van der Waals surface area (Å²) in [5.41, 5.74) is 0. The molecule has 1 aromatic rings. The van der Waals surface area contributed by atoms with E-state index in [2.05, 4.69) is 34.0 Å². The van der Waals surface area contributed by atoms with Crippen LogP contribution in [0.3, 0.4) is 0 Å². The maximum atomic E-state index is 4.48. The summed E-state index contributed by atoms with van der Waals surface area (Å²) in [7, 11) is 2.30. The van der Waals surface area contributed by atoms with E-state index in [1.807, 2.05) is 12.3 Å². The van der Waals surface area contributed by atoms with Gasteiger partial charge in [-0.05, 0) is 50.8 Å². The normalized spacial score (nSPS) is 24.6. The summed E-state index contributed by atoms with van der Waals surface area (Å²) in [5, 5.41) is 0. The maximum Gasteiger partial charge on any atom is 0.128 e. The third-order valence-electron chi connectivity index (χ3n) is 4.24. The maximum absolute atomic E-state index is 4.48. The summed E-state index contributed by atoms with van der Waals surface area (Å²) in [6, 6.07) is 6.91. The predicted molar refractivity (Wildman–Crippen MR) is 74.8 cm³/mol. The number of anilines is 1. The van der Waals surface area contributed by atoms with Gasteiger partial charge in [0.05, 0.1) is 0 Å². The quantitative estimate of drug-likeness (QED) is 0.812. The van der Waals surface area contributed by atoms with Crippen LogP contribution in [0.15, 0.2) is 24.4 Å². The smallest absolute Gasteiger partial charge is 0.128 e. The van der Waals surface area contributed by atoms with Crippen molar-refractivity contribution in [2.24, 2.45) is 5.92 Å². The lowest BCUT2D eigenvalue weighted by molar-refractivity contribution is 0.207. The van der Waals surface area contributed by atoms with Gasteiger partial charge in [0.2, 0.25) is 0 Å². The Morgan fingerprint density at radius 2 is 2.22 bits per heavy atom. The van der Waals surface area contributed by atoms with Gasteiger partial charge < -0.3 is 9.80 Å². The van der Waals surface area contributed by atoms with Crippen LogP contribution in [0.2, 0.25) is 0 Å². The molecule has 1 unspecified atom stereocenters. The van der Waals surface area contributed by atoms with Gasteiger partial charge >= 0.3 is 0 Å². The molecule has 0 N–H and O–H groups in total. The summed E-state index contributed by atoms with van der Waals surface area (Å²) in [6.07, 6.45) is 7.41. The summed E-state index contributed by atoms with van der Waals surface area (Å²) < 4.78 is 0. The Morgan fingerprint density at radius 3 is 2.94 bits per heavy atom. The van der Waals surface area contributed by atoms with Crippen molar-refractivity contribution >= 4 is 5.82 Å². The third kappa shape index (κ3) is 2.83. The Balaban J connectivity index is 1.60. The van der Waals surface area contributed by atoms with Crippen LogP contribution in [0.1, 0.15) is 25.7 Å². The van der Waals surface area contributed by atoms with E-state index in [0.29, 0.717) is 6.04 Å². The zero-order valence-corrected chi connectivity index (χ0v) is 11.3. The lowest BCUT2D eigenvalue weighted by atomic mass is 10.0. The molecule has 2 heterocycles. The molecule has 1 saturated heterocycles. The Hall–Kier alpha value is -1.09. The van der Waals surface area contributed by atoms with Gasteiger partial charge in [0.15, 0.2) is 0 Å². The molecule has 3 nitrogen and oxygen atoms in total. The van der Waals surface area contributed by atoms with Gasteiger partial charge in [0, 0.05) is 31.9 Å². The van der Waals surface area contributed by atoms with Crippen molar-refractivity contribution in [1.82, 2.24) is 9.88 Å². The monoisotopic (exact) mass is 245 g/mol. The largest absolute Gasteiger partial charge is 0.355 e. The number of pyridine rings is 1. The van der Waals surface area contributed by atoms with Gasteiger partial charge in [-0.25, -0.2) is 4.98 Å².